The summed E-state index contributed by atoms with van der Waals surface area (Å²) >= 11 is 2.66. The van der Waals surface area contributed by atoms with E-state index in [1.54, 1.807) is 11.3 Å². The van der Waals surface area contributed by atoms with Crippen molar-refractivity contribution in [3.8, 4) is 10.4 Å². The Morgan fingerprint density at radius 3 is 2.64 bits per heavy atom. The number of hydrogen-bond donors (Lipinski definition) is 2. The molecule has 3 rings (SSSR count). The summed E-state index contributed by atoms with van der Waals surface area (Å²) in [7, 11) is 0. The van der Waals surface area contributed by atoms with Crippen LogP contribution in [0, 0.1) is 0 Å². The maximum absolute atomic E-state index is 12.0. The van der Waals surface area contributed by atoms with Gasteiger partial charge in [0.05, 0.1) is 5.25 Å². The molecule has 0 bridgehead atoms. The summed E-state index contributed by atoms with van der Waals surface area (Å²) in [5.41, 5.74) is 2.14. The van der Waals surface area contributed by atoms with Crippen LogP contribution >= 0.6 is 23.1 Å². The van der Waals surface area contributed by atoms with E-state index in [1.165, 1.54) is 6.42 Å². The minimum absolute atomic E-state index is 0.223. The molecule has 0 saturated carbocycles. The first-order chi connectivity index (χ1) is 16.0. The third-order valence-electron chi connectivity index (χ3n) is 5.49. The lowest BCUT2D eigenvalue weighted by Gasteiger charge is -2.07. The van der Waals surface area contributed by atoms with Gasteiger partial charge in [0.1, 0.15) is 0 Å². The Morgan fingerprint density at radius 1 is 1.06 bits per heavy atom. The van der Waals surface area contributed by atoms with E-state index < -0.39 is 5.91 Å². The number of thiophene rings is 1. The fourth-order valence-corrected chi connectivity index (χ4v) is 5.66. The van der Waals surface area contributed by atoms with Crippen molar-refractivity contribution in [1.29, 1.82) is 0 Å². The molecule has 1 aromatic heterocycles. The third-order valence-corrected chi connectivity index (χ3v) is 7.62. The molecule has 176 valence electrons. The number of carbonyl (C=O) groups excluding carboxylic acids is 4. The molecule has 2 N–H and O–H groups in total. The average molecular weight is 487 g/mol. The van der Waals surface area contributed by atoms with Gasteiger partial charge < -0.3 is 5.32 Å². The van der Waals surface area contributed by atoms with Gasteiger partial charge in [0.25, 0.3) is 11.1 Å². The van der Waals surface area contributed by atoms with Crippen LogP contribution in [0.4, 0.5) is 4.79 Å². The van der Waals surface area contributed by atoms with E-state index in [1.807, 2.05) is 30.3 Å². The van der Waals surface area contributed by atoms with E-state index in [-0.39, 0.29) is 22.2 Å². The molecule has 33 heavy (non-hydrogen) atoms. The largest absolute Gasteiger partial charge is 0.349 e. The number of amides is 3. The number of ketones is 1. The van der Waals surface area contributed by atoms with Crippen LogP contribution in [0.2, 0.25) is 0 Å². The SMILES string of the molecule is CCCCCCCC(=O)C(=O)NCCc1cccc(-c2ccc(CC3SC(=O)NC3=O)s2)c1. The van der Waals surface area contributed by atoms with E-state index >= 15 is 0 Å². The van der Waals surface area contributed by atoms with Crippen LogP contribution in [-0.2, 0) is 27.2 Å². The van der Waals surface area contributed by atoms with Gasteiger partial charge in [0.2, 0.25) is 11.7 Å². The van der Waals surface area contributed by atoms with Crippen molar-refractivity contribution in [2.24, 2.45) is 0 Å². The van der Waals surface area contributed by atoms with Gasteiger partial charge >= 0.3 is 0 Å². The number of carbonyl (C=O) groups is 4. The summed E-state index contributed by atoms with van der Waals surface area (Å²) in [5, 5.41) is 4.42. The number of rotatable bonds is 13. The maximum Gasteiger partial charge on any atom is 0.287 e. The molecule has 6 nitrogen and oxygen atoms in total. The molecule has 0 radical (unpaired) electrons. The predicted octanol–water partition coefficient (Wildman–Crippen LogP) is 4.90. The van der Waals surface area contributed by atoms with Crippen LogP contribution in [0.3, 0.4) is 0 Å². The Kier molecular flexibility index (Phi) is 9.69. The average Bonchev–Trinajstić information content (AvgIpc) is 3.39. The van der Waals surface area contributed by atoms with Gasteiger partial charge in [0, 0.05) is 29.1 Å². The molecule has 1 fully saturated rings. The summed E-state index contributed by atoms with van der Waals surface area (Å²) in [6.07, 6.45) is 6.71. The first-order valence-electron chi connectivity index (χ1n) is 11.5. The first-order valence-corrected chi connectivity index (χ1v) is 13.2. The molecule has 1 unspecified atom stereocenters. The molecule has 1 aromatic carbocycles. The highest BCUT2D eigenvalue weighted by Gasteiger charge is 2.31. The molecule has 2 heterocycles. The van der Waals surface area contributed by atoms with Crippen LogP contribution < -0.4 is 10.6 Å². The van der Waals surface area contributed by atoms with E-state index in [2.05, 4.69) is 23.6 Å². The van der Waals surface area contributed by atoms with Gasteiger partial charge in [-0.25, -0.2) is 0 Å². The van der Waals surface area contributed by atoms with Crippen LogP contribution in [0.1, 0.15) is 55.9 Å². The molecule has 8 heteroatoms. The summed E-state index contributed by atoms with van der Waals surface area (Å²) < 4.78 is 0. The molecule has 0 aliphatic carbocycles. The minimum Gasteiger partial charge on any atom is -0.349 e. The summed E-state index contributed by atoms with van der Waals surface area (Å²) in [5.74, 6) is -1.04. The van der Waals surface area contributed by atoms with E-state index in [0.29, 0.717) is 25.8 Å². The molecule has 3 amide bonds. The second kappa shape index (κ2) is 12.7. The van der Waals surface area contributed by atoms with Crippen molar-refractivity contribution in [1.82, 2.24) is 10.6 Å². The van der Waals surface area contributed by atoms with Gasteiger partial charge in [-0.2, -0.15) is 0 Å². The molecule has 2 aromatic rings. The summed E-state index contributed by atoms with van der Waals surface area (Å²) in [6.45, 7) is 2.56. The molecular weight excluding hydrogens is 456 g/mol. The lowest BCUT2D eigenvalue weighted by atomic mass is 10.1. The van der Waals surface area contributed by atoms with Crippen LogP contribution in [-0.4, -0.2) is 34.6 Å². The number of thioether (sulfide) groups is 1. The summed E-state index contributed by atoms with van der Waals surface area (Å²) in [4.78, 5) is 49.3. The van der Waals surface area contributed by atoms with Gasteiger partial charge in [-0.1, -0.05) is 68.6 Å². The Morgan fingerprint density at radius 2 is 1.88 bits per heavy atom. The number of benzene rings is 1. The van der Waals surface area contributed by atoms with Crippen LogP contribution in [0.25, 0.3) is 10.4 Å². The topological polar surface area (TPSA) is 92.3 Å². The van der Waals surface area contributed by atoms with E-state index in [9.17, 15) is 19.2 Å². The van der Waals surface area contributed by atoms with Gasteiger partial charge in [-0.05, 0) is 36.1 Å². The fraction of sp³-hybridized carbons (Fsp3) is 0.440. The lowest BCUT2D eigenvalue weighted by molar-refractivity contribution is -0.137. The molecule has 1 aliphatic rings. The molecule has 1 saturated heterocycles. The van der Waals surface area contributed by atoms with Crippen molar-refractivity contribution >= 4 is 45.9 Å². The quantitative estimate of drug-likeness (QED) is 0.310. The van der Waals surface area contributed by atoms with E-state index in [4.69, 9.17) is 0 Å². The predicted molar refractivity (Wildman–Crippen MR) is 133 cm³/mol. The zero-order valence-corrected chi connectivity index (χ0v) is 20.5. The highest BCUT2D eigenvalue weighted by molar-refractivity contribution is 8.15. The van der Waals surface area contributed by atoms with Crippen LogP contribution in [0.5, 0.6) is 0 Å². The smallest absolute Gasteiger partial charge is 0.287 e. The first kappa shape index (κ1) is 25.2. The number of Topliss-reactive ketones (excluding diaryl/α,β-unsaturated/α-hetero) is 1. The minimum atomic E-state index is -0.489. The highest BCUT2D eigenvalue weighted by Crippen LogP contribution is 2.32. The monoisotopic (exact) mass is 486 g/mol. The zero-order chi connectivity index (χ0) is 23.6. The van der Waals surface area contributed by atoms with Gasteiger partial charge in [-0.15, -0.1) is 11.3 Å². The zero-order valence-electron chi connectivity index (χ0n) is 18.9. The second-order valence-corrected chi connectivity index (χ2v) is 10.5. The van der Waals surface area contributed by atoms with Crippen molar-refractivity contribution in [3.05, 3.63) is 46.8 Å². The maximum atomic E-state index is 12.0. The molecule has 0 spiro atoms. The highest BCUT2D eigenvalue weighted by atomic mass is 32.2. The Labute approximate surface area is 202 Å². The Balaban J connectivity index is 1.46. The van der Waals surface area contributed by atoms with Gasteiger partial charge in [-0.3, -0.25) is 24.5 Å². The normalized spacial score (nSPS) is 15.5. The third kappa shape index (κ3) is 7.82. The van der Waals surface area contributed by atoms with Crippen molar-refractivity contribution in [3.63, 3.8) is 0 Å². The Bertz CT molecular complexity index is 1000. The number of unbranched alkanes of at least 4 members (excludes halogenated alkanes) is 4. The number of nitrogens with one attached hydrogen (secondary N) is 2. The van der Waals surface area contributed by atoms with Crippen molar-refractivity contribution in [2.75, 3.05) is 6.54 Å². The fourth-order valence-electron chi connectivity index (χ4n) is 3.65. The molecular formula is C25H30N2O4S2. The van der Waals surface area contributed by atoms with Crippen molar-refractivity contribution in [2.45, 2.75) is 63.5 Å². The lowest BCUT2D eigenvalue weighted by Crippen LogP contribution is -2.32. The van der Waals surface area contributed by atoms with E-state index in [0.717, 1.165) is 58.3 Å². The molecule has 1 atom stereocenters. The Hall–Kier alpha value is -2.45. The van der Waals surface area contributed by atoms with Gasteiger partial charge in [0.15, 0.2) is 0 Å². The molecule has 1 aliphatic heterocycles. The number of imide groups is 1. The van der Waals surface area contributed by atoms with Crippen LogP contribution in [0.15, 0.2) is 36.4 Å². The second-order valence-electron chi connectivity index (χ2n) is 8.15. The summed E-state index contributed by atoms with van der Waals surface area (Å²) in [6, 6.07) is 12.1. The van der Waals surface area contributed by atoms with Crippen molar-refractivity contribution < 1.29 is 19.2 Å². The standard InChI is InChI=1S/C25H30N2O4S2/c1-2-3-4-5-6-10-20(28)23(29)26-14-13-17-8-7-9-18(15-17)21-12-11-19(32-21)16-22-24(30)27-25(31)33-22/h7-9,11-12,15,22H,2-6,10,13-14,16H2,1H3,(H,26,29)(H,27,30,31). The number of hydrogen-bond acceptors (Lipinski definition) is 6.